The zero-order chi connectivity index (χ0) is 18.6. The Hall–Kier alpha value is -3.51. The first-order chi connectivity index (χ1) is 13.1. The monoisotopic (exact) mass is 358 g/mol. The van der Waals surface area contributed by atoms with Crippen molar-refractivity contribution in [3.8, 4) is 17.2 Å². The minimum absolute atomic E-state index is 0.137. The molecule has 4 aromatic rings. The molecule has 0 amide bonds. The molecule has 5 rings (SSSR count). The van der Waals surface area contributed by atoms with Gasteiger partial charge in [-0.3, -0.25) is 4.79 Å². The number of methoxy groups -OCH3 is 1. The van der Waals surface area contributed by atoms with Crippen molar-refractivity contribution >= 4 is 16.6 Å². The van der Waals surface area contributed by atoms with Crippen molar-refractivity contribution in [1.29, 1.82) is 0 Å². The van der Waals surface area contributed by atoms with Crippen molar-refractivity contribution in [1.82, 2.24) is 10.2 Å². The zero-order valence-electron chi connectivity index (χ0n) is 14.3. The molecule has 1 atom stereocenters. The van der Waals surface area contributed by atoms with Gasteiger partial charge in [-0.05, 0) is 35.0 Å². The SMILES string of the molecule is COc1ccc(-c2nnc(C3(O)C(=O)c4cccc5cccc3c45)o2)cc1. The lowest BCUT2D eigenvalue weighted by Crippen LogP contribution is -2.33. The Balaban J connectivity index is 1.64. The number of hydrogen-bond acceptors (Lipinski definition) is 6. The second-order valence-corrected chi connectivity index (χ2v) is 6.39. The van der Waals surface area contributed by atoms with Gasteiger partial charge in [0.05, 0.1) is 7.11 Å². The average molecular weight is 358 g/mol. The number of aromatic nitrogens is 2. The molecule has 0 aliphatic heterocycles. The molecule has 0 bridgehead atoms. The van der Waals surface area contributed by atoms with E-state index in [1.54, 1.807) is 55.6 Å². The zero-order valence-corrected chi connectivity index (χ0v) is 14.3. The van der Waals surface area contributed by atoms with Crippen LogP contribution in [0.2, 0.25) is 0 Å². The van der Waals surface area contributed by atoms with E-state index in [0.29, 0.717) is 22.4 Å². The third kappa shape index (κ3) is 2.07. The molecule has 1 heterocycles. The average Bonchev–Trinajstić information content (AvgIpc) is 3.29. The Morgan fingerprint density at radius 2 is 1.74 bits per heavy atom. The molecule has 1 aliphatic rings. The van der Waals surface area contributed by atoms with E-state index in [-0.39, 0.29) is 11.8 Å². The summed E-state index contributed by atoms with van der Waals surface area (Å²) in [4.78, 5) is 13.0. The van der Waals surface area contributed by atoms with E-state index in [0.717, 1.165) is 10.8 Å². The second-order valence-electron chi connectivity index (χ2n) is 6.39. The van der Waals surface area contributed by atoms with Crippen molar-refractivity contribution < 1.29 is 19.1 Å². The van der Waals surface area contributed by atoms with Gasteiger partial charge in [-0.15, -0.1) is 10.2 Å². The second kappa shape index (κ2) is 5.49. The quantitative estimate of drug-likeness (QED) is 0.605. The molecule has 1 N–H and O–H groups in total. The minimum Gasteiger partial charge on any atom is -0.497 e. The van der Waals surface area contributed by atoms with Gasteiger partial charge in [-0.2, -0.15) is 0 Å². The van der Waals surface area contributed by atoms with E-state index in [2.05, 4.69) is 10.2 Å². The normalized spacial score (nSPS) is 18.2. The fourth-order valence-electron chi connectivity index (χ4n) is 3.58. The molecular weight excluding hydrogens is 344 g/mol. The topological polar surface area (TPSA) is 85.5 Å². The van der Waals surface area contributed by atoms with Crippen molar-refractivity contribution in [2.24, 2.45) is 0 Å². The Kier molecular flexibility index (Phi) is 3.20. The maximum absolute atomic E-state index is 13.0. The summed E-state index contributed by atoms with van der Waals surface area (Å²) in [6.07, 6.45) is 0. The highest BCUT2D eigenvalue weighted by atomic mass is 16.5. The van der Waals surface area contributed by atoms with E-state index in [9.17, 15) is 9.90 Å². The molecule has 0 saturated heterocycles. The summed E-state index contributed by atoms with van der Waals surface area (Å²) in [5.74, 6) is 0.323. The largest absolute Gasteiger partial charge is 0.497 e. The van der Waals surface area contributed by atoms with Gasteiger partial charge in [0.25, 0.3) is 5.89 Å². The third-order valence-electron chi connectivity index (χ3n) is 4.94. The lowest BCUT2D eigenvalue weighted by molar-refractivity contribution is 0.0405. The summed E-state index contributed by atoms with van der Waals surface area (Å²) in [5, 5.41) is 21.0. The molecule has 1 aromatic heterocycles. The van der Waals surface area contributed by atoms with Gasteiger partial charge in [0.2, 0.25) is 17.3 Å². The molecule has 0 saturated carbocycles. The fraction of sp³-hybridized carbons (Fsp3) is 0.0952. The Bertz CT molecular complexity index is 1190. The molecule has 3 aromatic carbocycles. The Morgan fingerprint density at radius 1 is 1.00 bits per heavy atom. The number of nitrogens with zero attached hydrogens (tertiary/aromatic N) is 2. The number of ketones is 1. The minimum atomic E-state index is -1.99. The highest BCUT2D eigenvalue weighted by molar-refractivity contribution is 6.20. The molecule has 1 unspecified atom stereocenters. The van der Waals surface area contributed by atoms with Crippen LogP contribution in [0.5, 0.6) is 5.75 Å². The number of aliphatic hydroxyl groups is 1. The van der Waals surface area contributed by atoms with Crippen LogP contribution >= 0.6 is 0 Å². The number of carbonyl (C=O) groups is 1. The van der Waals surface area contributed by atoms with E-state index >= 15 is 0 Å². The van der Waals surface area contributed by atoms with Gasteiger partial charge < -0.3 is 14.3 Å². The highest BCUT2D eigenvalue weighted by Crippen LogP contribution is 2.44. The van der Waals surface area contributed by atoms with Gasteiger partial charge in [0, 0.05) is 16.7 Å². The summed E-state index contributed by atoms with van der Waals surface area (Å²) >= 11 is 0. The molecule has 6 heteroatoms. The van der Waals surface area contributed by atoms with Crippen LogP contribution in [0.25, 0.3) is 22.2 Å². The number of carbonyl (C=O) groups excluding carboxylic acids is 1. The first kappa shape index (κ1) is 15.7. The van der Waals surface area contributed by atoms with Crippen LogP contribution in [0.1, 0.15) is 21.8 Å². The van der Waals surface area contributed by atoms with Gasteiger partial charge in [-0.25, -0.2) is 0 Å². The lowest BCUT2D eigenvalue weighted by Gasteiger charge is -2.17. The summed E-state index contributed by atoms with van der Waals surface area (Å²) in [6.45, 7) is 0. The predicted molar refractivity (Wildman–Crippen MR) is 97.6 cm³/mol. The van der Waals surface area contributed by atoms with E-state index in [1.165, 1.54) is 0 Å². The smallest absolute Gasteiger partial charge is 0.261 e. The van der Waals surface area contributed by atoms with Crippen LogP contribution in [0, 0.1) is 0 Å². The van der Waals surface area contributed by atoms with E-state index in [4.69, 9.17) is 9.15 Å². The van der Waals surface area contributed by atoms with Crippen molar-refractivity contribution in [3.05, 3.63) is 77.7 Å². The molecule has 0 spiro atoms. The highest BCUT2D eigenvalue weighted by Gasteiger charge is 2.51. The Morgan fingerprint density at radius 3 is 2.48 bits per heavy atom. The third-order valence-corrected chi connectivity index (χ3v) is 4.94. The van der Waals surface area contributed by atoms with Gasteiger partial charge in [0.1, 0.15) is 5.75 Å². The molecule has 0 fully saturated rings. The summed E-state index contributed by atoms with van der Waals surface area (Å²) in [7, 11) is 1.58. The number of ether oxygens (including phenoxy) is 1. The predicted octanol–water partition coefficient (Wildman–Crippen LogP) is 3.33. The van der Waals surface area contributed by atoms with Crippen LogP contribution in [-0.2, 0) is 5.60 Å². The molecular formula is C21H14N2O4. The first-order valence-corrected chi connectivity index (χ1v) is 8.40. The number of rotatable bonds is 3. The van der Waals surface area contributed by atoms with Gasteiger partial charge in [0.15, 0.2) is 0 Å². The summed E-state index contributed by atoms with van der Waals surface area (Å²) in [6, 6.07) is 17.9. The standard InChI is InChI=1S/C21H14N2O4/c1-26-14-10-8-13(9-11-14)19-22-23-20(27-19)21(25)16-7-3-5-12-4-2-6-15(17(12)16)18(21)24/h2-11,25H,1H3. The molecule has 1 aliphatic carbocycles. The maximum Gasteiger partial charge on any atom is 0.261 e. The molecule has 27 heavy (non-hydrogen) atoms. The van der Waals surface area contributed by atoms with Crippen LogP contribution in [0.3, 0.4) is 0 Å². The lowest BCUT2D eigenvalue weighted by atomic mass is 9.94. The fourth-order valence-corrected chi connectivity index (χ4v) is 3.58. The Labute approximate surface area is 154 Å². The molecule has 0 radical (unpaired) electrons. The van der Waals surface area contributed by atoms with Gasteiger partial charge >= 0.3 is 0 Å². The number of Topliss-reactive ketones (excluding diaryl/α,β-unsaturated/α-hetero) is 1. The number of hydrogen-bond donors (Lipinski definition) is 1. The number of benzene rings is 3. The molecule has 6 nitrogen and oxygen atoms in total. The summed E-state index contributed by atoms with van der Waals surface area (Å²) in [5.41, 5.74) is -0.402. The van der Waals surface area contributed by atoms with Crippen LogP contribution < -0.4 is 4.74 Å². The van der Waals surface area contributed by atoms with Crippen LogP contribution in [0.4, 0.5) is 0 Å². The van der Waals surface area contributed by atoms with E-state index < -0.39 is 11.4 Å². The summed E-state index contributed by atoms with van der Waals surface area (Å²) < 4.78 is 10.9. The van der Waals surface area contributed by atoms with E-state index in [1.807, 2.05) is 12.1 Å². The van der Waals surface area contributed by atoms with Crippen LogP contribution in [-0.4, -0.2) is 28.2 Å². The molecule has 132 valence electrons. The maximum atomic E-state index is 13.0. The van der Waals surface area contributed by atoms with Crippen LogP contribution in [0.15, 0.2) is 65.1 Å². The van der Waals surface area contributed by atoms with Gasteiger partial charge in [-0.1, -0.05) is 36.4 Å². The van der Waals surface area contributed by atoms with Crippen molar-refractivity contribution in [2.45, 2.75) is 5.60 Å². The van der Waals surface area contributed by atoms with Crippen molar-refractivity contribution in [2.75, 3.05) is 7.11 Å². The first-order valence-electron chi connectivity index (χ1n) is 8.40. The van der Waals surface area contributed by atoms with Crippen molar-refractivity contribution in [3.63, 3.8) is 0 Å².